The van der Waals surface area contributed by atoms with Crippen LogP contribution in [0.4, 0.5) is 0 Å². The first-order valence-corrected chi connectivity index (χ1v) is 9.50. The molecule has 0 bridgehead atoms. The van der Waals surface area contributed by atoms with E-state index in [0.29, 0.717) is 4.32 Å². The molecule has 119 valence electrons. The van der Waals surface area contributed by atoms with Crippen LogP contribution in [0.3, 0.4) is 0 Å². The minimum atomic E-state index is 0.673. The Morgan fingerprint density at radius 1 is 0.650 bits per heavy atom. The Balaban J connectivity index is 3.53. The molecule has 0 aliphatic carbocycles. The lowest BCUT2D eigenvalue weighted by Crippen LogP contribution is -2.28. The maximum Gasteiger partial charge on any atom is 0.166 e. The van der Waals surface area contributed by atoms with Crippen LogP contribution in [0.25, 0.3) is 0 Å². The maximum absolute atomic E-state index is 5.20. The van der Waals surface area contributed by atoms with Gasteiger partial charge in [0.15, 0.2) is 4.32 Å². The van der Waals surface area contributed by atoms with Crippen molar-refractivity contribution in [2.45, 2.75) is 90.9 Å². The zero-order valence-corrected chi connectivity index (χ0v) is 15.3. The number of thiocarbonyl (C=S) groups is 1. The van der Waals surface area contributed by atoms with Crippen LogP contribution in [0, 0.1) is 0 Å². The van der Waals surface area contributed by atoms with Crippen molar-refractivity contribution >= 4 is 29.2 Å². The van der Waals surface area contributed by atoms with Crippen molar-refractivity contribution in [1.29, 1.82) is 0 Å². The molecule has 0 aliphatic heterocycles. The van der Waals surface area contributed by atoms with Crippen molar-refractivity contribution in [3.8, 4) is 0 Å². The molecule has 0 heterocycles. The van der Waals surface area contributed by atoms with Crippen molar-refractivity contribution in [2.24, 2.45) is 0 Å². The Labute approximate surface area is 138 Å². The highest BCUT2D eigenvalue weighted by atomic mass is 32.1. The quantitative estimate of drug-likeness (QED) is 0.266. The van der Waals surface area contributed by atoms with Gasteiger partial charge in [-0.2, -0.15) is 0 Å². The predicted molar refractivity (Wildman–Crippen MR) is 98.5 cm³/mol. The fourth-order valence-corrected chi connectivity index (χ4v) is 2.83. The molecule has 0 fully saturated rings. The molecule has 0 aromatic carbocycles. The summed E-state index contributed by atoms with van der Waals surface area (Å²) in [6.45, 7) is 6.67. The van der Waals surface area contributed by atoms with Crippen molar-refractivity contribution < 1.29 is 0 Å². The SMILES string of the molecule is CCCCCCCCN(CCCCCCCC)C([S])=S. The van der Waals surface area contributed by atoms with Crippen LogP contribution < -0.4 is 0 Å². The number of rotatable bonds is 14. The Kier molecular flexibility index (Phi) is 15.6. The zero-order chi connectivity index (χ0) is 15.1. The van der Waals surface area contributed by atoms with E-state index < -0.39 is 0 Å². The third-order valence-electron chi connectivity index (χ3n) is 3.82. The van der Waals surface area contributed by atoms with E-state index in [4.69, 9.17) is 24.8 Å². The van der Waals surface area contributed by atoms with E-state index >= 15 is 0 Å². The average molecular weight is 317 g/mol. The monoisotopic (exact) mass is 316 g/mol. The Morgan fingerprint density at radius 2 is 1.00 bits per heavy atom. The highest BCUT2D eigenvalue weighted by Gasteiger charge is 2.06. The normalized spacial score (nSPS) is 10.7. The van der Waals surface area contributed by atoms with Gasteiger partial charge in [0.25, 0.3) is 0 Å². The third-order valence-corrected chi connectivity index (χ3v) is 4.34. The van der Waals surface area contributed by atoms with Crippen molar-refractivity contribution in [3.63, 3.8) is 0 Å². The number of unbranched alkanes of at least 4 members (excludes halogenated alkanes) is 10. The summed E-state index contributed by atoms with van der Waals surface area (Å²) in [6, 6.07) is 0. The van der Waals surface area contributed by atoms with Gasteiger partial charge < -0.3 is 4.90 Å². The molecule has 1 nitrogen and oxygen atoms in total. The van der Waals surface area contributed by atoms with E-state index in [2.05, 4.69) is 18.7 Å². The predicted octanol–water partition coefficient (Wildman–Crippen LogP) is 6.49. The molecule has 0 aliphatic rings. The van der Waals surface area contributed by atoms with Gasteiger partial charge in [-0.1, -0.05) is 78.1 Å². The van der Waals surface area contributed by atoms with E-state index in [1.165, 1.54) is 77.0 Å². The van der Waals surface area contributed by atoms with Gasteiger partial charge in [0.1, 0.15) is 0 Å². The standard InChI is InChI=1S/C17H34NS2/c1-3-5-7-9-11-13-15-18(17(19)20)16-14-12-10-8-6-4-2/h3-16H2,1-2H3. The fraction of sp³-hybridized carbons (Fsp3) is 0.941. The number of hydrogen-bond acceptors (Lipinski definition) is 1. The van der Waals surface area contributed by atoms with Crippen LogP contribution in [0.15, 0.2) is 0 Å². The van der Waals surface area contributed by atoms with Gasteiger partial charge in [0.05, 0.1) is 0 Å². The van der Waals surface area contributed by atoms with Crippen LogP contribution in [0.1, 0.15) is 90.9 Å². The molecule has 0 N–H and O–H groups in total. The fourth-order valence-electron chi connectivity index (χ4n) is 2.46. The van der Waals surface area contributed by atoms with E-state index in [0.717, 1.165) is 13.1 Å². The molecule has 0 saturated heterocycles. The highest BCUT2D eigenvalue weighted by molar-refractivity contribution is 8.10. The van der Waals surface area contributed by atoms with E-state index in [1.807, 2.05) is 0 Å². The summed E-state index contributed by atoms with van der Waals surface area (Å²) in [5, 5.41) is 0. The molecule has 0 unspecified atom stereocenters. The first kappa shape index (κ1) is 20.1. The van der Waals surface area contributed by atoms with Gasteiger partial charge in [0.2, 0.25) is 0 Å². The molecule has 0 aromatic heterocycles. The van der Waals surface area contributed by atoms with Crippen LogP contribution in [0.2, 0.25) is 0 Å². The first-order chi connectivity index (χ1) is 9.72. The molecular weight excluding hydrogens is 282 g/mol. The van der Waals surface area contributed by atoms with Gasteiger partial charge in [0, 0.05) is 13.1 Å². The Hall–Kier alpha value is 0.110. The molecule has 0 rings (SSSR count). The van der Waals surface area contributed by atoms with Gasteiger partial charge in [-0.3, -0.25) is 0 Å². The molecule has 0 aromatic rings. The molecule has 3 heteroatoms. The van der Waals surface area contributed by atoms with Crippen LogP contribution in [0.5, 0.6) is 0 Å². The second kappa shape index (κ2) is 15.5. The van der Waals surface area contributed by atoms with Crippen LogP contribution in [-0.4, -0.2) is 22.3 Å². The molecule has 0 atom stereocenters. The smallest absolute Gasteiger partial charge is 0.166 e. The topological polar surface area (TPSA) is 3.24 Å². The van der Waals surface area contributed by atoms with Gasteiger partial charge >= 0.3 is 0 Å². The highest BCUT2D eigenvalue weighted by Crippen LogP contribution is 2.10. The van der Waals surface area contributed by atoms with E-state index in [-0.39, 0.29) is 0 Å². The number of hydrogen-bond donors (Lipinski definition) is 0. The third kappa shape index (κ3) is 13.1. The largest absolute Gasteiger partial charge is 0.354 e. The Morgan fingerprint density at radius 3 is 1.35 bits per heavy atom. The lowest BCUT2D eigenvalue weighted by molar-refractivity contribution is 0.395. The number of nitrogens with zero attached hydrogens (tertiary/aromatic N) is 1. The van der Waals surface area contributed by atoms with Crippen LogP contribution >= 0.6 is 24.8 Å². The summed E-state index contributed by atoms with van der Waals surface area (Å²) in [5.41, 5.74) is 0. The minimum Gasteiger partial charge on any atom is -0.354 e. The maximum atomic E-state index is 5.20. The molecule has 20 heavy (non-hydrogen) atoms. The first-order valence-electron chi connectivity index (χ1n) is 8.68. The summed E-state index contributed by atoms with van der Waals surface area (Å²) in [6.07, 6.45) is 16.0. The zero-order valence-electron chi connectivity index (χ0n) is 13.7. The Bertz CT molecular complexity index is 203. The summed E-state index contributed by atoms with van der Waals surface area (Å²) in [7, 11) is 0. The molecule has 0 amide bonds. The summed E-state index contributed by atoms with van der Waals surface area (Å²) in [4.78, 5) is 2.24. The van der Waals surface area contributed by atoms with Gasteiger partial charge in [-0.15, -0.1) is 0 Å². The summed E-state index contributed by atoms with van der Waals surface area (Å²) >= 11 is 10.4. The molecule has 1 radical (unpaired) electrons. The van der Waals surface area contributed by atoms with Crippen molar-refractivity contribution in [3.05, 3.63) is 0 Å². The summed E-state index contributed by atoms with van der Waals surface area (Å²) < 4.78 is 0.673. The van der Waals surface area contributed by atoms with E-state index in [9.17, 15) is 0 Å². The van der Waals surface area contributed by atoms with Crippen molar-refractivity contribution in [1.82, 2.24) is 4.90 Å². The summed E-state index contributed by atoms with van der Waals surface area (Å²) in [5.74, 6) is 0. The second-order valence-electron chi connectivity index (χ2n) is 5.79. The van der Waals surface area contributed by atoms with Crippen molar-refractivity contribution in [2.75, 3.05) is 13.1 Å². The lowest BCUT2D eigenvalue weighted by Gasteiger charge is -2.21. The second-order valence-corrected chi connectivity index (χ2v) is 6.82. The molecule has 0 saturated carbocycles. The molecular formula is C17H34NS2. The van der Waals surface area contributed by atoms with Gasteiger partial charge in [-0.25, -0.2) is 0 Å². The lowest BCUT2D eigenvalue weighted by atomic mass is 10.1. The molecule has 0 spiro atoms. The average Bonchev–Trinajstić information content (AvgIpc) is 2.43. The minimum absolute atomic E-state index is 0.673. The van der Waals surface area contributed by atoms with Gasteiger partial charge in [-0.05, 0) is 37.7 Å². The van der Waals surface area contributed by atoms with Crippen LogP contribution in [-0.2, 0) is 0 Å². The van der Waals surface area contributed by atoms with E-state index in [1.54, 1.807) is 0 Å².